The molecule has 144 valence electrons. The highest BCUT2D eigenvalue weighted by molar-refractivity contribution is 6.01. The van der Waals surface area contributed by atoms with Gasteiger partial charge >= 0.3 is 0 Å². The summed E-state index contributed by atoms with van der Waals surface area (Å²) in [6, 6.07) is 0. The van der Waals surface area contributed by atoms with Crippen LogP contribution in [0.4, 0.5) is 0 Å². The normalized spacial score (nSPS) is 51.3. The smallest absolute Gasteiger partial charge is 0.178 e. The molecular weight excluding hydrogens is 332 g/mol. The summed E-state index contributed by atoms with van der Waals surface area (Å²) in [6.07, 6.45) is 6.85. The van der Waals surface area contributed by atoms with Gasteiger partial charge in [-0.15, -0.1) is 0 Å². The zero-order chi connectivity index (χ0) is 18.9. The Morgan fingerprint density at radius 3 is 2.73 bits per heavy atom. The van der Waals surface area contributed by atoms with Crippen LogP contribution in [0.1, 0.15) is 46.0 Å². The molecule has 0 aromatic heterocycles. The average Bonchev–Trinajstić information content (AvgIpc) is 2.86. The molecule has 4 aliphatic carbocycles. The molecule has 4 aliphatic rings. The maximum absolute atomic E-state index is 11.8. The van der Waals surface area contributed by atoms with Gasteiger partial charge in [-0.25, -0.2) is 0 Å². The predicted octanol–water partition coefficient (Wildman–Crippen LogP) is 1.35. The lowest BCUT2D eigenvalue weighted by molar-refractivity contribution is -0.204. The van der Waals surface area contributed by atoms with E-state index in [2.05, 4.69) is 6.92 Å². The molecule has 8 unspecified atom stereocenters. The fourth-order valence-electron chi connectivity index (χ4n) is 7.06. The van der Waals surface area contributed by atoms with Gasteiger partial charge < -0.3 is 20.4 Å². The van der Waals surface area contributed by atoms with E-state index in [-0.39, 0.29) is 29.0 Å². The minimum Gasteiger partial charge on any atom is -0.394 e. The van der Waals surface area contributed by atoms with Crippen LogP contribution < -0.4 is 0 Å². The van der Waals surface area contributed by atoms with Crippen molar-refractivity contribution in [3.05, 3.63) is 23.8 Å². The van der Waals surface area contributed by atoms with E-state index >= 15 is 0 Å². The van der Waals surface area contributed by atoms with Gasteiger partial charge in [-0.3, -0.25) is 4.79 Å². The van der Waals surface area contributed by atoms with Gasteiger partial charge in [0.25, 0.3) is 0 Å². The summed E-state index contributed by atoms with van der Waals surface area (Å²) in [6.45, 7) is 3.61. The quantitative estimate of drug-likeness (QED) is 0.594. The minimum atomic E-state index is -1.37. The third-order valence-corrected chi connectivity index (χ3v) is 8.44. The molecule has 0 aromatic carbocycles. The Bertz CT molecular complexity index is 684. The van der Waals surface area contributed by atoms with Crippen LogP contribution in [0, 0.1) is 28.6 Å². The Balaban J connectivity index is 1.74. The van der Waals surface area contributed by atoms with Crippen LogP contribution in [0.2, 0.25) is 0 Å². The van der Waals surface area contributed by atoms with E-state index in [4.69, 9.17) is 0 Å². The highest BCUT2D eigenvalue weighted by Gasteiger charge is 2.67. The first-order valence-corrected chi connectivity index (χ1v) is 9.81. The molecule has 26 heavy (non-hydrogen) atoms. The van der Waals surface area contributed by atoms with E-state index in [9.17, 15) is 25.2 Å². The van der Waals surface area contributed by atoms with Gasteiger partial charge in [0, 0.05) is 16.7 Å². The van der Waals surface area contributed by atoms with Crippen molar-refractivity contribution in [3.63, 3.8) is 0 Å². The Kier molecular flexibility index (Phi) is 4.05. The van der Waals surface area contributed by atoms with E-state index in [0.717, 1.165) is 24.8 Å². The second-order valence-electron chi connectivity index (χ2n) is 9.37. The van der Waals surface area contributed by atoms with E-state index in [1.807, 2.05) is 13.0 Å². The van der Waals surface area contributed by atoms with Crippen molar-refractivity contribution in [2.24, 2.45) is 28.6 Å². The maximum atomic E-state index is 11.8. The van der Waals surface area contributed by atoms with Crippen molar-refractivity contribution in [2.75, 3.05) is 6.61 Å². The molecule has 0 spiro atoms. The number of carbonyl (C=O) groups is 1. The zero-order valence-electron chi connectivity index (χ0n) is 15.6. The lowest BCUT2D eigenvalue weighted by atomic mass is 9.46. The summed E-state index contributed by atoms with van der Waals surface area (Å²) in [5.41, 5.74) is -1.21. The lowest BCUT2D eigenvalue weighted by Gasteiger charge is -2.60. The minimum absolute atomic E-state index is 0.0125. The van der Waals surface area contributed by atoms with Crippen LogP contribution in [-0.4, -0.2) is 50.6 Å². The maximum Gasteiger partial charge on any atom is 0.178 e. The fraction of sp³-hybridized carbons (Fsp3) is 0.762. The van der Waals surface area contributed by atoms with Gasteiger partial charge in [0.15, 0.2) is 5.78 Å². The summed E-state index contributed by atoms with van der Waals surface area (Å²) in [4.78, 5) is 11.8. The number of aliphatic hydroxyl groups excluding tert-OH is 3. The fourth-order valence-corrected chi connectivity index (χ4v) is 7.06. The topological polar surface area (TPSA) is 98.0 Å². The van der Waals surface area contributed by atoms with Crippen LogP contribution >= 0.6 is 0 Å². The molecule has 0 aliphatic heterocycles. The summed E-state index contributed by atoms with van der Waals surface area (Å²) in [5, 5.41) is 42.2. The zero-order valence-corrected chi connectivity index (χ0v) is 15.6. The Morgan fingerprint density at radius 1 is 1.31 bits per heavy atom. The van der Waals surface area contributed by atoms with Gasteiger partial charge in [0.05, 0.1) is 18.3 Å². The molecule has 3 saturated carbocycles. The number of rotatable bonds is 2. The van der Waals surface area contributed by atoms with E-state index in [1.54, 1.807) is 12.2 Å². The lowest BCUT2D eigenvalue weighted by Crippen LogP contribution is -2.62. The van der Waals surface area contributed by atoms with E-state index in [0.29, 0.717) is 12.8 Å². The van der Waals surface area contributed by atoms with Gasteiger partial charge in [-0.05, 0) is 56.1 Å². The SMILES string of the molecule is CC12C=CC(=O)C=C1CCC1C2C(O)CC2(C)C1CCC2(O)C(O)CO. The van der Waals surface area contributed by atoms with Crippen molar-refractivity contribution in [1.29, 1.82) is 0 Å². The third-order valence-electron chi connectivity index (χ3n) is 8.44. The molecule has 0 aromatic rings. The van der Waals surface area contributed by atoms with Gasteiger partial charge in [-0.1, -0.05) is 25.5 Å². The van der Waals surface area contributed by atoms with Crippen LogP contribution in [0.25, 0.3) is 0 Å². The molecule has 0 bridgehead atoms. The largest absolute Gasteiger partial charge is 0.394 e. The monoisotopic (exact) mass is 362 g/mol. The van der Waals surface area contributed by atoms with Crippen LogP contribution in [-0.2, 0) is 4.79 Å². The second-order valence-corrected chi connectivity index (χ2v) is 9.37. The molecule has 5 nitrogen and oxygen atoms in total. The summed E-state index contributed by atoms with van der Waals surface area (Å²) in [7, 11) is 0. The Labute approximate surface area is 154 Å². The summed E-state index contributed by atoms with van der Waals surface area (Å²) < 4.78 is 0. The molecule has 0 saturated heterocycles. The summed E-state index contributed by atoms with van der Waals surface area (Å²) in [5.74, 6) is 0.445. The van der Waals surface area contributed by atoms with Crippen LogP contribution in [0.15, 0.2) is 23.8 Å². The number of hydrogen-bond donors (Lipinski definition) is 4. The molecule has 3 fully saturated rings. The molecule has 8 atom stereocenters. The molecular formula is C21H30O5. The van der Waals surface area contributed by atoms with Crippen molar-refractivity contribution >= 4 is 5.78 Å². The van der Waals surface area contributed by atoms with Crippen LogP contribution in [0.3, 0.4) is 0 Å². The van der Waals surface area contributed by atoms with E-state index < -0.39 is 29.8 Å². The van der Waals surface area contributed by atoms with Crippen molar-refractivity contribution in [1.82, 2.24) is 0 Å². The van der Waals surface area contributed by atoms with Crippen molar-refractivity contribution in [3.8, 4) is 0 Å². The first kappa shape index (κ1) is 18.4. The predicted molar refractivity (Wildman–Crippen MR) is 96.0 cm³/mol. The summed E-state index contributed by atoms with van der Waals surface area (Å²) >= 11 is 0. The average molecular weight is 362 g/mol. The number of fused-ring (bicyclic) bond motifs is 5. The molecule has 0 radical (unpaired) electrons. The Morgan fingerprint density at radius 2 is 2.04 bits per heavy atom. The van der Waals surface area contributed by atoms with Gasteiger partial charge in [0.2, 0.25) is 0 Å². The molecule has 0 amide bonds. The highest BCUT2D eigenvalue weighted by Crippen LogP contribution is 2.67. The first-order valence-electron chi connectivity index (χ1n) is 9.81. The van der Waals surface area contributed by atoms with Gasteiger partial charge in [-0.2, -0.15) is 0 Å². The van der Waals surface area contributed by atoms with Gasteiger partial charge in [0.1, 0.15) is 6.10 Å². The second kappa shape index (κ2) is 5.74. The standard InChI is InChI=1S/C21H30O5/c1-19-7-5-13(23)9-12(19)3-4-14-15-6-8-21(26,17(25)11-22)20(15,2)10-16(24)18(14)19/h5,7,9,14-18,22,24-26H,3-4,6,8,10-11H2,1-2H3. The Hall–Kier alpha value is -1.01. The first-order chi connectivity index (χ1) is 12.2. The highest BCUT2D eigenvalue weighted by atomic mass is 16.4. The van der Waals surface area contributed by atoms with Crippen molar-refractivity contribution in [2.45, 2.75) is 63.8 Å². The number of allylic oxidation sites excluding steroid dienone is 4. The molecule has 4 rings (SSSR count). The molecule has 0 heterocycles. The number of hydrogen-bond acceptors (Lipinski definition) is 5. The number of carbonyl (C=O) groups excluding carboxylic acids is 1. The van der Waals surface area contributed by atoms with Crippen LogP contribution in [0.5, 0.6) is 0 Å². The third kappa shape index (κ3) is 2.15. The molecule has 4 N–H and O–H groups in total. The number of ketones is 1. The molecule has 5 heteroatoms. The van der Waals surface area contributed by atoms with Crippen molar-refractivity contribution < 1.29 is 25.2 Å². The number of aliphatic hydroxyl groups is 4. The van der Waals surface area contributed by atoms with E-state index in [1.165, 1.54) is 0 Å².